The number of amides is 1. The standard InChI is InChI=1S/C13H18O2.C6H13NO/c1-4-13(2,3)12(14)15-10-11-8-6-5-7-9-11;1-4-6(2,3)5(7)8/h5-9H,4,10H2,1-3H3;4H2,1-3H3,(H2,7,8). The Morgan fingerprint density at radius 2 is 1.43 bits per heavy atom. The highest BCUT2D eigenvalue weighted by Gasteiger charge is 2.26. The lowest BCUT2D eigenvalue weighted by atomic mass is 9.90. The molecule has 0 saturated heterocycles. The van der Waals surface area contributed by atoms with Crippen molar-refractivity contribution in [1.29, 1.82) is 0 Å². The van der Waals surface area contributed by atoms with Gasteiger partial charge in [0, 0.05) is 5.41 Å². The quantitative estimate of drug-likeness (QED) is 0.803. The molecule has 1 aromatic carbocycles. The van der Waals surface area contributed by atoms with Gasteiger partial charge in [0.15, 0.2) is 0 Å². The summed E-state index contributed by atoms with van der Waals surface area (Å²) in [7, 11) is 0. The van der Waals surface area contributed by atoms with E-state index < -0.39 is 0 Å². The van der Waals surface area contributed by atoms with E-state index in [1.54, 1.807) is 0 Å². The van der Waals surface area contributed by atoms with Crippen LogP contribution in [0, 0.1) is 10.8 Å². The van der Waals surface area contributed by atoms with E-state index in [0.717, 1.165) is 18.4 Å². The predicted molar refractivity (Wildman–Crippen MR) is 93.6 cm³/mol. The number of carbonyl (C=O) groups excluding carboxylic acids is 2. The lowest BCUT2D eigenvalue weighted by Crippen LogP contribution is -2.30. The molecule has 130 valence electrons. The summed E-state index contributed by atoms with van der Waals surface area (Å²) >= 11 is 0. The molecule has 0 heterocycles. The molecular weight excluding hydrogens is 290 g/mol. The van der Waals surface area contributed by atoms with Crippen molar-refractivity contribution in [3.63, 3.8) is 0 Å². The van der Waals surface area contributed by atoms with Gasteiger partial charge in [-0.2, -0.15) is 0 Å². The second kappa shape index (κ2) is 9.33. The molecule has 0 saturated carbocycles. The Labute approximate surface area is 140 Å². The average molecular weight is 321 g/mol. The fourth-order valence-corrected chi connectivity index (χ4v) is 1.24. The van der Waals surface area contributed by atoms with Gasteiger partial charge in [-0.1, -0.05) is 58.0 Å². The Morgan fingerprint density at radius 1 is 0.957 bits per heavy atom. The maximum Gasteiger partial charge on any atom is 0.311 e. The van der Waals surface area contributed by atoms with Gasteiger partial charge in [-0.25, -0.2) is 0 Å². The maximum atomic E-state index is 11.6. The van der Waals surface area contributed by atoms with E-state index in [1.807, 2.05) is 71.9 Å². The van der Waals surface area contributed by atoms with Crippen LogP contribution < -0.4 is 5.73 Å². The number of rotatable bonds is 6. The van der Waals surface area contributed by atoms with E-state index in [9.17, 15) is 9.59 Å². The number of benzene rings is 1. The number of nitrogens with two attached hydrogens (primary N) is 1. The average Bonchev–Trinajstić information content (AvgIpc) is 2.53. The second-order valence-electron chi connectivity index (χ2n) is 6.90. The van der Waals surface area contributed by atoms with E-state index in [-0.39, 0.29) is 22.7 Å². The molecule has 2 N–H and O–H groups in total. The van der Waals surface area contributed by atoms with Gasteiger partial charge in [0.2, 0.25) is 5.91 Å². The van der Waals surface area contributed by atoms with Crippen molar-refractivity contribution < 1.29 is 14.3 Å². The summed E-state index contributed by atoms with van der Waals surface area (Å²) in [6.45, 7) is 11.8. The smallest absolute Gasteiger partial charge is 0.311 e. The largest absolute Gasteiger partial charge is 0.460 e. The van der Waals surface area contributed by atoms with Gasteiger partial charge in [-0.3, -0.25) is 9.59 Å². The Bertz CT molecular complexity index is 493. The number of hydrogen-bond acceptors (Lipinski definition) is 3. The molecule has 0 aliphatic rings. The summed E-state index contributed by atoms with van der Waals surface area (Å²) < 4.78 is 5.24. The van der Waals surface area contributed by atoms with Crippen LogP contribution in [-0.4, -0.2) is 11.9 Å². The van der Waals surface area contributed by atoms with Crippen LogP contribution in [-0.2, 0) is 20.9 Å². The van der Waals surface area contributed by atoms with Gasteiger partial charge in [-0.15, -0.1) is 0 Å². The zero-order valence-corrected chi connectivity index (χ0v) is 15.3. The number of hydrogen-bond donors (Lipinski definition) is 1. The van der Waals surface area contributed by atoms with E-state index in [0.29, 0.717) is 6.61 Å². The first-order chi connectivity index (χ1) is 10.6. The molecule has 1 amide bonds. The van der Waals surface area contributed by atoms with Crippen LogP contribution in [0.1, 0.15) is 59.9 Å². The topological polar surface area (TPSA) is 69.4 Å². The Morgan fingerprint density at radius 3 is 1.78 bits per heavy atom. The van der Waals surface area contributed by atoms with Crippen molar-refractivity contribution in [3.05, 3.63) is 35.9 Å². The third-order valence-electron chi connectivity index (χ3n) is 4.20. The van der Waals surface area contributed by atoms with Crippen molar-refractivity contribution in [3.8, 4) is 0 Å². The van der Waals surface area contributed by atoms with Crippen molar-refractivity contribution in [2.45, 2.75) is 61.0 Å². The number of carbonyl (C=O) groups is 2. The van der Waals surface area contributed by atoms with Crippen molar-refractivity contribution in [2.24, 2.45) is 16.6 Å². The van der Waals surface area contributed by atoms with Crippen molar-refractivity contribution in [2.75, 3.05) is 0 Å². The SMILES string of the molecule is CCC(C)(C)C(=O)OCc1ccccc1.CCC(C)(C)C(N)=O. The van der Waals surface area contributed by atoms with Crippen molar-refractivity contribution >= 4 is 11.9 Å². The first kappa shape index (κ1) is 21.2. The summed E-state index contributed by atoms with van der Waals surface area (Å²) in [4.78, 5) is 22.1. The molecule has 0 aromatic heterocycles. The highest BCUT2D eigenvalue weighted by Crippen LogP contribution is 2.22. The molecule has 4 heteroatoms. The van der Waals surface area contributed by atoms with Crippen LogP contribution >= 0.6 is 0 Å². The minimum absolute atomic E-state index is 0.131. The minimum atomic E-state index is -0.380. The van der Waals surface area contributed by atoms with Gasteiger partial charge in [0.1, 0.15) is 6.61 Å². The molecule has 0 bridgehead atoms. The minimum Gasteiger partial charge on any atom is -0.460 e. The van der Waals surface area contributed by atoms with E-state index >= 15 is 0 Å². The lowest BCUT2D eigenvalue weighted by molar-refractivity contribution is -0.155. The van der Waals surface area contributed by atoms with E-state index in [1.165, 1.54) is 0 Å². The summed E-state index contributed by atoms with van der Waals surface area (Å²) in [5.74, 6) is -0.353. The van der Waals surface area contributed by atoms with Gasteiger partial charge in [0.25, 0.3) is 0 Å². The molecule has 23 heavy (non-hydrogen) atoms. The molecule has 0 fully saturated rings. The first-order valence-electron chi connectivity index (χ1n) is 8.08. The number of primary amides is 1. The molecule has 4 nitrogen and oxygen atoms in total. The van der Waals surface area contributed by atoms with Gasteiger partial charge in [0.05, 0.1) is 5.41 Å². The predicted octanol–water partition coefficient (Wildman–Crippen LogP) is 4.07. The molecule has 1 aromatic rings. The molecular formula is C19H31NO3. The van der Waals surface area contributed by atoms with Crippen LogP contribution in [0.15, 0.2) is 30.3 Å². The Kier molecular flexibility index (Phi) is 8.59. The lowest BCUT2D eigenvalue weighted by Gasteiger charge is -2.20. The second-order valence-corrected chi connectivity index (χ2v) is 6.90. The van der Waals surface area contributed by atoms with E-state index in [2.05, 4.69) is 0 Å². The maximum absolute atomic E-state index is 11.6. The van der Waals surface area contributed by atoms with Crippen LogP contribution in [0.5, 0.6) is 0 Å². The van der Waals surface area contributed by atoms with Crippen LogP contribution in [0.2, 0.25) is 0 Å². The van der Waals surface area contributed by atoms with Crippen LogP contribution in [0.4, 0.5) is 0 Å². The third-order valence-corrected chi connectivity index (χ3v) is 4.20. The Balaban J connectivity index is 0.000000515. The van der Waals surface area contributed by atoms with Crippen LogP contribution in [0.25, 0.3) is 0 Å². The molecule has 0 atom stereocenters. The summed E-state index contributed by atoms with van der Waals surface area (Å²) in [6.07, 6.45) is 1.60. The monoisotopic (exact) mass is 321 g/mol. The molecule has 0 aliphatic carbocycles. The highest BCUT2D eigenvalue weighted by molar-refractivity contribution is 5.79. The van der Waals surface area contributed by atoms with Gasteiger partial charge >= 0.3 is 5.97 Å². The molecule has 0 aliphatic heterocycles. The fraction of sp³-hybridized carbons (Fsp3) is 0.579. The normalized spacial score (nSPS) is 11.2. The summed E-state index contributed by atoms with van der Waals surface area (Å²) in [5, 5.41) is 0. The number of esters is 1. The molecule has 0 unspecified atom stereocenters. The van der Waals surface area contributed by atoms with Gasteiger partial charge in [-0.05, 0) is 32.3 Å². The molecule has 1 rings (SSSR count). The van der Waals surface area contributed by atoms with Gasteiger partial charge < -0.3 is 10.5 Å². The van der Waals surface area contributed by atoms with E-state index in [4.69, 9.17) is 10.5 Å². The Hall–Kier alpha value is -1.84. The zero-order valence-electron chi connectivity index (χ0n) is 15.3. The molecule has 0 spiro atoms. The summed E-state index contributed by atoms with van der Waals surface area (Å²) in [6, 6.07) is 9.72. The van der Waals surface area contributed by atoms with Crippen molar-refractivity contribution in [1.82, 2.24) is 0 Å². The zero-order chi connectivity index (χ0) is 18.1. The number of ether oxygens (including phenoxy) is 1. The van der Waals surface area contributed by atoms with Crippen LogP contribution in [0.3, 0.4) is 0 Å². The molecule has 0 radical (unpaired) electrons. The fourth-order valence-electron chi connectivity index (χ4n) is 1.24. The third kappa shape index (κ3) is 7.82. The summed E-state index contributed by atoms with van der Waals surface area (Å²) in [5.41, 5.74) is 5.37. The highest BCUT2D eigenvalue weighted by atomic mass is 16.5. The first-order valence-corrected chi connectivity index (χ1v) is 8.08.